The molecule has 22 heavy (non-hydrogen) atoms. The highest BCUT2D eigenvalue weighted by molar-refractivity contribution is 7.89. The highest BCUT2D eigenvalue weighted by Crippen LogP contribution is 2.15. The number of aryl methyl sites for hydroxylation is 2. The molecule has 0 fully saturated rings. The molecule has 0 bridgehead atoms. The molecule has 5 nitrogen and oxygen atoms in total. The van der Waals surface area contributed by atoms with Crippen molar-refractivity contribution in [2.75, 3.05) is 6.54 Å². The predicted octanol–water partition coefficient (Wildman–Crippen LogP) is 1.99. The Hall–Kier alpha value is -1.63. The highest BCUT2D eigenvalue weighted by atomic mass is 32.2. The Morgan fingerprint density at radius 1 is 1.23 bits per heavy atom. The average molecular weight is 322 g/mol. The zero-order chi connectivity index (χ0) is 16.2. The Morgan fingerprint density at radius 3 is 2.45 bits per heavy atom. The van der Waals surface area contributed by atoms with Crippen molar-refractivity contribution in [2.45, 2.75) is 30.8 Å². The largest absolute Gasteiger partial charge is 0.386 e. The van der Waals surface area contributed by atoms with Crippen molar-refractivity contribution < 1.29 is 13.5 Å². The quantitative estimate of drug-likeness (QED) is 0.819. The Kier molecular flexibility index (Phi) is 5.39. The van der Waals surface area contributed by atoms with Gasteiger partial charge >= 0.3 is 0 Å². The van der Waals surface area contributed by atoms with Gasteiger partial charge in [-0.2, -0.15) is 0 Å². The van der Waals surface area contributed by atoms with Crippen LogP contribution in [0.15, 0.2) is 47.5 Å². The van der Waals surface area contributed by atoms with E-state index in [1.165, 1.54) is 0 Å². The van der Waals surface area contributed by atoms with Crippen LogP contribution in [0.3, 0.4) is 0 Å². The summed E-state index contributed by atoms with van der Waals surface area (Å²) >= 11 is 0. The van der Waals surface area contributed by atoms with Gasteiger partial charge in [0.1, 0.15) is 6.10 Å². The molecule has 1 atom stereocenters. The second-order valence-corrected chi connectivity index (χ2v) is 7.07. The van der Waals surface area contributed by atoms with Gasteiger partial charge in [0.25, 0.3) is 0 Å². The lowest BCUT2D eigenvalue weighted by atomic mass is 10.1. The predicted molar refractivity (Wildman–Crippen MR) is 86.0 cm³/mol. The van der Waals surface area contributed by atoms with Crippen molar-refractivity contribution in [3.63, 3.8) is 0 Å². The lowest BCUT2D eigenvalue weighted by molar-refractivity contribution is 0.173. The highest BCUT2D eigenvalue weighted by Gasteiger charge is 2.17. The minimum absolute atomic E-state index is 0.0586. The zero-order valence-corrected chi connectivity index (χ0v) is 13.7. The molecule has 1 unspecified atom stereocenters. The third-order valence-corrected chi connectivity index (χ3v) is 5.00. The minimum Gasteiger partial charge on any atom is -0.386 e. The van der Waals surface area contributed by atoms with E-state index in [1.807, 2.05) is 12.1 Å². The number of aliphatic hydroxyl groups is 1. The van der Waals surface area contributed by atoms with Gasteiger partial charge in [0.15, 0.2) is 0 Å². The van der Waals surface area contributed by atoms with Crippen molar-refractivity contribution in [3.8, 4) is 0 Å². The van der Waals surface area contributed by atoms with E-state index in [0.717, 1.165) is 18.4 Å². The van der Waals surface area contributed by atoms with Gasteiger partial charge in [0.05, 0.1) is 4.90 Å². The topological polar surface area (TPSA) is 71.3 Å². The first kappa shape index (κ1) is 16.7. The van der Waals surface area contributed by atoms with Gasteiger partial charge in [-0.3, -0.25) is 0 Å². The molecule has 0 saturated heterocycles. The third-order valence-electron chi connectivity index (χ3n) is 3.56. The fourth-order valence-electron chi connectivity index (χ4n) is 2.32. The van der Waals surface area contributed by atoms with Crippen LogP contribution in [-0.2, 0) is 23.5 Å². The van der Waals surface area contributed by atoms with Crippen molar-refractivity contribution in [1.82, 2.24) is 9.29 Å². The van der Waals surface area contributed by atoms with Crippen molar-refractivity contribution in [1.29, 1.82) is 0 Å². The number of aromatic nitrogens is 1. The lowest BCUT2D eigenvalue weighted by Crippen LogP contribution is -2.29. The van der Waals surface area contributed by atoms with Crippen molar-refractivity contribution in [2.24, 2.45) is 7.05 Å². The second-order valence-electron chi connectivity index (χ2n) is 5.31. The van der Waals surface area contributed by atoms with Crippen LogP contribution in [0.2, 0.25) is 0 Å². The fourth-order valence-corrected chi connectivity index (χ4v) is 3.36. The van der Waals surface area contributed by atoms with Crippen LogP contribution in [0.5, 0.6) is 0 Å². The van der Waals surface area contributed by atoms with Gasteiger partial charge in [-0.05, 0) is 36.2 Å². The SMILES string of the molecule is CCCc1ccc(S(=O)(=O)NCC(O)c2cccn2C)cc1. The summed E-state index contributed by atoms with van der Waals surface area (Å²) in [7, 11) is -1.81. The standard InChI is InChI=1S/C16H22N2O3S/c1-3-5-13-7-9-14(10-8-13)22(20,21)17-12-16(19)15-6-4-11-18(15)2/h4,6-11,16-17,19H,3,5,12H2,1-2H3. The number of sulfonamides is 1. The van der Waals surface area contributed by atoms with Crippen LogP contribution in [0.25, 0.3) is 0 Å². The number of benzene rings is 1. The maximum absolute atomic E-state index is 12.2. The first-order valence-electron chi connectivity index (χ1n) is 7.32. The van der Waals surface area contributed by atoms with Crippen LogP contribution in [0.1, 0.15) is 30.7 Å². The molecule has 2 rings (SSSR count). The van der Waals surface area contributed by atoms with Crippen LogP contribution < -0.4 is 4.72 Å². The van der Waals surface area contributed by atoms with Crippen LogP contribution in [-0.4, -0.2) is 24.6 Å². The Bertz CT molecular complexity index is 705. The molecule has 2 N–H and O–H groups in total. The molecule has 0 aliphatic carbocycles. The summed E-state index contributed by atoms with van der Waals surface area (Å²) in [4.78, 5) is 0.214. The number of nitrogens with one attached hydrogen (secondary N) is 1. The molecule has 1 aromatic carbocycles. The Morgan fingerprint density at radius 2 is 1.91 bits per heavy atom. The molecular weight excluding hydrogens is 300 g/mol. The molecule has 0 radical (unpaired) electrons. The minimum atomic E-state index is -3.61. The van der Waals surface area contributed by atoms with Gasteiger partial charge in [-0.25, -0.2) is 13.1 Å². The molecule has 0 aliphatic rings. The number of aliphatic hydroxyl groups excluding tert-OH is 1. The number of rotatable bonds is 7. The van der Waals surface area contributed by atoms with E-state index >= 15 is 0 Å². The summed E-state index contributed by atoms with van der Waals surface area (Å²) in [5.41, 5.74) is 1.78. The fraction of sp³-hybridized carbons (Fsp3) is 0.375. The maximum Gasteiger partial charge on any atom is 0.240 e. The normalized spacial score (nSPS) is 13.2. The van der Waals surface area contributed by atoms with Gasteiger partial charge in [0.2, 0.25) is 10.0 Å². The molecule has 1 aromatic heterocycles. The second kappa shape index (κ2) is 7.09. The smallest absolute Gasteiger partial charge is 0.240 e. The molecule has 0 aliphatic heterocycles. The summed E-state index contributed by atoms with van der Waals surface area (Å²) in [6, 6.07) is 10.4. The molecule has 0 saturated carbocycles. The maximum atomic E-state index is 12.2. The molecule has 120 valence electrons. The monoisotopic (exact) mass is 322 g/mol. The van der Waals surface area contributed by atoms with Gasteiger partial charge < -0.3 is 9.67 Å². The van der Waals surface area contributed by atoms with E-state index in [1.54, 1.807) is 42.1 Å². The molecule has 2 aromatic rings. The van der Waals surface area contributed by atoms with Crippen LogP contribution >= 0.6 is 0 Å². The summed E-state index contributed by atoms with van der Waals surface area (Å²) < 4.78 is 28.7. The van der Waals surface area contributed by atoms with Gasteiger partial charge in [-0.15, -0.1) is 0 Å². The number of nitrogens with zero attached hydrogens (tertiary/aromatic N) is 1. The summed E-state index contributed by atoms with van der Waals surface area (Å²) in [5, 5.41) is 10.1. The Balaban J connectivity index is 2.03. The van der Waals surface area contributed by atoms with Crippen molar-refractivity contribution >= 4 is 10.0 Å². The molecule has 6 heteroatoms. The Labute approximate surface area is 131 Å². The van der Waals surface area contributed by atoms with E-state index in [4.69, 9.17) is 0 Å². The first-order chi connectivity index (χ1) is 10.4. The van der Waals surface area contributed by atoms with E-state index in [0.29, 0.717) is 5.69 Å². The summed E-state index contributed by atoms with van der Waals surface area (Å²) in [6.07, 6.45) is 2.88. The van der Waals surface area contributed by atoms with E-state index in [-0.39, 0.29) is 11.4 Å². The average Bonchev–Trinajstić information content (AvgIpc) is 2.92. The molecule has 0 amide bonds. The van der Waals surface area contributed by atoms with Crippen LogP contribution in [0, 0.1) is 0 Å². The molecular formula is C16H22N2O3S. The van der Waals surface area contributed by atoms with E-state index in [9.17, 15) is 13.5 Å². The summed E-state index contributed by atoms with van der Waals surface area (Å²) in [6.45, 7) is 2.02. The molecule has 1 heterocycles. The van der Waals surface area contributed by atoms with E-state index < -0.39 is 16.1 Å². The van der Waals surface area contributed by atoms with Gasteiger partial charge in [0, 0.05) is 25.5 Å². The first-order valence-corrected chi connectivity index (χ1v) is 8.80. The van der Waals surface area contributed by atoms with Crippen LogP contribution in [0.4, 0.5) is 0 Å². The summed E-state index contributed by atoms with van der Waals surface area (Å²) in [5.74, 6) is 0. The number of hydrogen-bond donors (Lipinski definition) is 2. The molecule has 0 spiro atoms. The number of hydrogen-bond acceptors (Lipinski definition) is 3. The third kappa shape index (κ3) is 3.97. The zero-order valence-electron chi connectivity index (χ0n) is 12.9. The van der Waals surface area contributed by atoms with Crippen molar-refractivity contribution in [3.05, 3.63) is 53.9 Å². The van der Waals surface area contributed by atoms with E-state index in [2.05, 4.69) is 11.6 Å². The van der Waals surface area contributed by atoms with Gasteiger partial charge in [-0.1, -0.05) is 25.5 Å². The lowest BCUT2D eigenvalue weighted by Gasteiger charge is -2.13.